The molecule has 0 bridgehead atoms. The fourth-order valence-corrected chi connectivity index (χ4v) is 7.50. The van der Waals surface area contributed by atoms with Gasteiger partial charge in [-0.25, -0.2) is 0 Å². The van der Waals surface area contributed by atoms with Crippen molar-refractivity contribution >= 4 is 29.5 Å². The summed E-state index contributed by atoms with van der Waals surface area (Å²) in [5.41, 5.74) is 0. The third-order valence-corrected chi connectivity index (χ3v) is 8.48. The highest BCUT2D eigenvalue weighted by molar-refractivity contribution is 8.02. The lowest BCUT2D eigenvalue weighted by atomic mass is 9.78. The SMILES string of the molecule is CCCN1CC=C[C@H]2S[C@]34C=CCN(C(C)C)C(=O)C3N(CCO)C(=O)[C@@H]4[C@H]2C1=O. The van der Waals surface area contributed by atoms with Gasteiger partial charge in [-0.2, -0.15) is 0 Å². The number of β-amino-alcohol motifs (C(OH)–C–C–N with tert-alkyl or cyclic N) is 1. The predicted molar refractivity (Wildman–Crippen MR) is 116 cm³/mol. The van der Waals surface area contributed by atoms with Crippen LogP contribution in [0.5, 0.6) is 0 Å². The number of rotatable bonds is 5. The first-order valence-electron chi connectivity index (χ1n) is 10.9. The van der Waals surface area contributed by atoms with Crippen LogP contribution in [0.2, 0.25) is 0 Å². The average molecular weight is 434 g/mol. The van der Waals surface area contributed by atoms with Crippen molar-refractivity contribution in [2.75, 3.05) is 32.8 Å². The predicted octanol–water partition coefficient (Wildman–Crippen LogP) is 0.891. The van der Waals surface area contributed by atoms with E-state index in [2.05, 4.69) is 6.08 Å². The minimum absolute atomic E-state index is 0.000817. The number of aliphatic hydroxyl groups is 1. The van der Waals surface area contributed by atoms with Gasteiger partial charge >= 0.3 is 0 Å². The summed E-state index contributed by atoms with van der Waals surface area (Å²) >= 11 is 1.59. The standard InChI is InChI=1S/C22H31N3O4S/c1-4-9-23-10-5-7-15-16(19(23)27)17-20(28)25(12-13-26)18-21(29)24(14(2)3)11-6-8-22(17,18)30-15/h5-8,14-18,26H,4,9-13H2,1-3H3/t15-,16+,17+,18?,22+/m1/s1. The Labute approximate surface area is 182 Å². The summed E-state index contributed by atoms with van der Waals surface area (Å²) in [5, 5.41) is 9.51. The van der Waals surface area contributed by atoms with Gasteiger partial charge in [0.2, 0.25) is 17.7 Å². The summed E-state index contributed by atoms with van der Waals surface area (Å²) in [5.74, 6) is -1.35. The van der Waals surface area contributed by atoms with Crippen molar-refractivity contribution in [3.05, 3.63) is 24.3 Å². The maximum absolute atomic E-state index is 13.7. The molecule has 8 heteroatoms. The van der Waals surface area contributed by atoms with Crippen LogP contribution in [0.4, 0.5) is 0 Å². The molecule has 0 aliphatic carbocycles. The van der Waals surface area contributed by atoms with Gasteiger partial charge in [-0.3, -0.25) is 14.4 Å². The molecule has 5 atom stereocenters. The van der Waals surface area contributed by atoms with Crippen LogP contribution in [0.25, 0.3) is 0 Å². The molecule has 7 nitrogen and oxygen atoms in total. The third kappa shape index (κ3) is 3.02. The van der Waals surface area contributed by atoms with Crippen molar-refractivity contribution < 1.29 is 19.5 Å². The van der Waals surface area contributed by atoms with E-state index in [-0.39, 0.29) is 42.2 Å². The smallest absolute Gasteiger partial charge is 0.247 e. The summed E-state index contributed by atoms with van der Waals surface area (Å²) in [4.78, 5) is 46.0. The number of hydrogen-bond acceptors (Lipinski definition) is 5. The molecule has 2 fully saturated rings. The normalized spacial score (nSPS) is 35.6. The molecule has 2 saturated heterocycles. The van der Waals surface area contributed by atoms with Crippen molar-refractivity contribution in [2.24, 2.45) is 11.8 Å². The molecule has 3 amide bonds. The molecule has 0 aromatic carbocycles. The fraction of sp³-hybridized carbons (Fsp3) is 0.682. The highest BCUT2D eigenvalue weighted by atomic mass is 32.2. The Morgan fingerprint density at radius 3 is 2.57 bits per heavy atom. The van der Waals surface area contributed by atoms with Gasteiger partial charge in [0.15, 0.2) is 0 Å². The van der Waals surface area contributed by atoms with E-state index in [0.29, 0.717) is 19.6 Å². The van der Waals surface area contributed by atoms with Crippen molar-refractivity contribution in [2.45, 2.75) is 49.3 Å². The molecule has 1 N–H and O–H groups in total. The number of likely N-dealkylation sites (tertiary alicyclic amines) is 1. The molecule has 4 aliphatic rings. The summed E-state index contributed by atoms with van der Waals surface area (Å²) in [7, 11) is 0. The van der Waals surface area contributed by atoms with E-state index >= 15 is 0 Å². The molecule has 0 radical (unpaired) electrons. The van der Waals surface area contributed by atoms with Crippen LogP contribution >= 0.6 is 11.8 Å². The molecule has 4 heterocycles. The van der Waals surface area contributed by atoms with E-state index in [0.717, 1.165) is 6.42 Å². The van der Waals surface area contributed by atoms with E-state index in [4.69, 9.17) is 0 Å². The maximum Gasteiger partial charge on any atom is 0.247 e. The summed E-state index contributed by atoms with van der Waals surface area (Å²) in [6.07, 6.45) is 8.94. The first kappa shape index (κ1) is 21.4. The van der Waals surface area contributed by atoms with Crippen LogP contribution in [0.3, 0.4) is 0 Å². The first-order chi connectivity index (χ1) is 14.4. The summed E-state index contributed by atoms with van der Waals surface area (Å²) < 4.78 is -0.780. The van der Waals surface area contributed by atoms with Crippen LogP contribution in [0, 0.1) is 11.8 Å². The Bertz CT molecular complexity index is 797. The van der Waals surface area contributed by atoms with Crippen molar-refractivity contribution in [3.8, 4) is 0 Å². The Hall–Kier alpha value is -1.80. The van der Waals surface area contributed by atoms with Crippen LogP contribution in [-0.2, 0) is 14.4 Å². The average Bonchev–Trinajstić information content (AvgIpc) is 3.00. The molecule has 4 rings (SSSR count). The van der Waals surface area contributed by atoms with Gasteiger partial charge in [-0.15, -0.1) is 11.8 Å². The first-order valence-corrected chi connectivity index (χ1v) is 11.8. The summed E-state index contributed by atoms with van der Waals surface area (Å²) in [6, 6.07) is -0.693. The molecular formula is C22H31N3O4S. The lowest BCUT2D eigenvalue weighted by Gasteiger charge is -2.36. The van der Waals surface area contributed by atoms with Crippen LogP contribution < -0.4 is 0 Å². The second-order valence-corrected chi connectivity index (χ2v) is 10.3. The van der Waals surface area contributed by atoms with E-state index in [1.165, 1.54) is 4.90 Å². The number of carbonyl (C=O) groups excluding carboxylic acids is 3. The van der Waals surface area contributed by atoms with E-state index in [1.54, 1.807) is 16.7 Å². The highest BCUT2D eigenvalue weighted by Crippen LogP contribution is 2.61. The number of hydrogen-bond donors (Lipinski definition) is 1. The van der Waals surface area contributed by atoms with Crippen molar-refractivity contribution in [3.63, 3.8) is 0 Å². The number of amides is 3. The molecule has 1 unspecified atom stereocenters. The summed E-state index contributed by atoms with van der Waals surface area (Å²) in [6.45, 7) is 7.58. The lowest BCUT2D eigenvalue weighted by molar-refractivity contribution is -0.145. The minimum atomic E-state index is -0.780. The highest BCUT2D eigenvalue weighted by Gasteiger charge is 2.70. The lowest BCUT2D eigenvalue weighted by Crippen LogP contribution is -2.54. The number of nitrogens with zero attached hydrogens (tertiary/aromatic N) is 3. The van der Waals surface area contributed by atoms with E-state index < -0.39 is 22.6 Å². The second-order valence-electron chi connectivity index (χ2n) is 8.80. The Kier molecular flexibility index (Phi) is 5.74. The monoisotopic (exact) mass is 433 g/mol. The van der Waals surface area contributed by atoms with Gasteiger partial charge in [0.05, 0.1) is 23.2 Å². The third-order valence-electron chi connectivity index (χ3n) is 6.73. The zero-order chi connectivity index (χ0) is 21.6. The largest absolute Gasteiger partial charge is 0.395 e. The Balaban J connectivity index is 1.81. The molecule has 164 valence electrons. The zero-order valence-electron chi connectivity index (χ0n) is 17.9. The topological polar surface area (TPSA) is 81.2 Å². The fourth-order valence-electron chi connectivity index (χ4n) is 5.49. The molecule has 4 aliphatic heterocycles. The van der Waals surface area contributed by atoms with Crippen molar-refractivity contribution in [1.29, 1.82) is 0 Å². The van der Waals surface area contributed by atoms with Gasteiger partial charge in [-0.1, -0.05) is 31.2 Å². The molecule has 0 aromatic rings. The number of thioether (sulfide) groups is 1. The number of carbonyl (C=O) groups is 3. The van der Waals surface area contributed by atoms with Crippen molar-refractivity contribution in [1.82, 2.24) is 14.7 Å². The Morgan fingerprint density at radius 2 is 1.90 bits per heavy atom. The van der Waals surface area contributed by atoms with E-state index in [1.807, 2.05) is 43.9 Å². The Morgan fingerprint density at radius 1 is 1.13 bits per heavy atom. The number of aliphatic hydroxyl groups excluding tert-OH is 1. The number of fused-ring (bicyclic) bond motifs is 2. The van der Waals surface area contributed by atoms with Gasteiger partial charge < -0.3 is 19.8 Å². The molecular weight excluding hydrogens is 402 g/mol. The van der Waals surface area contributed by atoms with Gasteiger partial charge in [-0.05, 0) is 20.3 Å². The van der Waals surface area contributed by atoms with Crippen LogP contribution in [0.1, 0.15) is 27.2 Å². The van der Waals surface area contributed by atoms with Crippen LogP contribution in [-0.4, -0.2) is 92.4 Å². The zero-order valence-corrected chi connectivity index (χ0v) is 18.7. The molecule has 30 heavy (non-hydrogen) atoms. The van der Waals surface area contributed by atoms with Gasteiger partial charge in [0.25, 0.3) is 0 Å². The van der Waals surface area contributed by atoms with Gasteiger partial charge in [0, 0.05) is 37.5 Å². The molecule has 0 saturated carbocycles. The molecule has 1 spiro atoms. The minimum Gasteiger partial charge on any atom is -0.395 e. The second kappa shape index (κ2) is 8.04. The van der Waals surface area contributed by atoms with Crippen LogP contribution in [0.15, 0.2) is 24.3 Å². The van der Waals surface area contributed by atoms with Gasteiger partial charge in [0.1, 0.15) is 6.04 Å². The van der Waals surface area contributed by atoms with E-state index in [9.17, 15) is 19.5 Å². The molecule has 0 aromatic heterocycles. The maximum atomic E-state index is 13.7. The quantitative estimate of drug-likeness (QED) is 0.652.